The van der Waals surface area contributed by atoms with Gasteiger partial charge < -0.3 is 24.3 Å². The monoisotopic (exact) mass is 467 g/mol. The zero-order chi connectivity index (χ0) is 21.7. The van der Waals surface area contributed by atoms with Crippen LogP contribution in [0, 0.1) is 5.92 Å². The number of nitrogens with one attached hydrogen (secondary N) is 1. The minimum absolute atomic E-state index is 0.00953. The van der Waals surface area contributed by atoms with Gasteiger partial charge in [0.2, 0.25) is 0 Å². The fraction of sp³-hybridized carbons (Fsp3) is 0.350. The van der Waals surface area contributed by atoms with Gasteiger partial charge in [-0.3, -0.25) is 4.79 Å². The summed E-state index contributed by atoms with van der Waals surface area (Å²) in [6, 6.07) is 5.27. The smallest absolute Gasteiger partial charge is 0.336 e. The van der Waals surface area contributed by atoms with Crippen molar-refractivity contribution < 1.29 is 33.3 Å². The number of ether oxygens (including phenoxy) is 4. The fourth-order valence-corrected chi connectivity index (χ4v) is 3.49. The highest BCUT2D eigenvalue weighted by atomic mass is 79.9. The van der Waals surface area contributed by atoms with Crippen LogP contribution < -0.4 is 10.1 Å². The molecule has 0 aliphatic carbocycles. The van der Waals surface area contributed by atoms with Gasteiger partial charge in [0, 0.05) is 21.4 Å². The van der Waals surface area contributed by atoms with Crippen molar-refractivity contribution in [3.05, 3.63) is 50.8 Å². The molecule has 1 aliphatic rings. The summed E-state index contributed by atoms with van der Waals surface area (Å²) in [7, 11) is 3.89. The number of allylic oxidation sites excluding steroid dienone is 2. The Morgan fingerprint density at radius 1 is 1.00 bits per heavy atom. The second-order valence-electron chi connectivity index (χ2n) is 6.18. The average Bonchev–Trinajstić information content (AvgIpc) is 2.70. The van der Waals surface area contributed by atoms with Crippen molar-refractivity contribution in [1.29, 1.82) is 0 Å². The van der Waals surface area contributed by atoms with Crippen LogP contribution in [0.25, 0.3) is 0 Å². The largest absolute Gasteiger partial charge is 0.496 e. The van der Waals surface area contributed by atoms with E-state index in [-0.39, 0.29) is 17.8 Å². The zero-order valence-corrected chi connectivity index (χ0v) is 18.3. The normalized spacial score (nSPS) is 14.3. The van der Waals surface area contributed by atoms with Gasteiger partial charge in [-0.25, -0.2) is 9.59 Å². The zero-order valence-electron chi connectivity index (χ0n) is 16.8. The first kappa shape index (κ1) is 22.5. The molecule has 1 aromatic rings. The molecule has 9 heteroatoms. The van der Waals surface area contributed by atoms with Crippen molar-refractivity contribution in [2.45, 2.75) is 20.5 Å². The molecule has 1 heterocycles. The van der Waals surface area contributed by atoms with Gasteiger partial charge in [0.1, 0.15) is 18.3 Å². The molecule has 0 atom stereocenters. The molecule has 0 unspecified atom stereocenters. The number of dihydropyridines is 1. The van der Waals surface area contributed by atoms with Gasteiger partial charge in [-0.2, -0.15) is 0 Å². The first-order valence-corrected chi connectivity index (χ1v) is 9.38. The average molecular weight is 468 g/mol. The van der Waals surface area contributed by atoms with Gasteiger partial charge in [0.05, 0.1) is 32.5 Å². The SMILES string of the molecule is COC(=O)C1=C(C)NC(C)=C(C(=O)OC)C1C(=O)OCc1cc(Br)ccc1OC. The maximum atomic E-state index is 13.0. The number of benzene rings is 1. The molecule has 0 aromatic heterocycles. The lowest BCUT2D eigenvalue weighted by Crippen LogP contribution is -2.37. The molecule has 1 N–H and O–H groups in total. The molecule has 0 bridgehead atoms. The number of rotatable bonds is 6. The molecule has 0 spiro atoms. The Labute approximate surface area is 177 Å². The molecule has 1 aliphatic heterocycles. The number of carbonyl (C=O) groups is 3. The van der Waals surface area contributed by atoms with Crippen LogP contribution in [0.5, 0.6) is 5.75 Å². The van der Waals surface area contributed by atoms with Crippen LogP contribution in [-0.4, -0.2) is 39.2 Å². The van der Waals surface area contributed by atoms with E-state index >= 15 is 0 Å². The Hall–Kier alpha value is -2.81. The number of esters is 3. The van der Waals surface area contributed by atoms with Crippen LogP contribution in [0.1, 0.15) is 19.4 Å². The molecule has 29 heavy (non-hydrogen) atoms. The highest BCUT2D eigenvalue weighted by molar-refractivity contribution is 9.10. The van der Waals surface area contributed by atoms with E-state index in [4.69, 9.17) is 18.9 Å². The van der Waals surface area contributed by atoms with Crippen molar-refractivity contribution in [2.24, 2.45) is 5.92 Å². The van der Waals surface area contributed by atoms with E-state index in [1.54, 1.807) is 32.0 Å². The van der Waals surface area contributed by atoms with Gasteiger partial charge in [-0.1, -0.05) is 15.9 Å². The lowest BCUT2D eigenvalue weighted by atomic mass is 9.85. The maximum Gasteiger partial charge on any atom is 0.336 e. The lowest BCUT2D eigenvalue weighted by Gasteiger charge is -2.28. The number of halogens is 1. The quantitative estimate of drug-likeness (QED) is 0.503. The molecule has 0 fully saturated rings. The lowest BCUT2D eigenvalue weighted by molar-refractivity contribution is -0.152. The van der Waals surface area contributed by atoms with E-state index in [2.05, 4.69) is 21.2 Å². The molecule has 2 rings (SSSR count). The molecule has 8 nitrogen and oxygen atoms in total. The summed E-state index contributed by atoms with van der Waals surface area (Å²) in [4.78, 5) is 37.7. The molecule has 0 radical (unpaired) electrons. The first-order valence-electron chi connectivity index (χ1n) is 8.59. The number of hydrogen-bond donors (Lipinski definition) is 1. The van der Waals surface area contributed by atoms with E-state index < -0.39 is 23.8 Å². The molecule has 1 aromatic carbocycles. The molecule has 0 saturated carbocycles. The van der Waals surface area contributed by atoms with Crippen molar-refractivity contribution in [3.8, 4) is 5.75 Å². The fourth-order valence-electron chi connectivity index (χ4n) is 3.08. The van der Waals surface area contributed by atoms with Crippen LogP contribution in [-0.2, 0) is 35.2 Å². The standard InChI is InChI=1S/C20H22BrNO7/c1-10-15(18(23)27-4)17(16(11(2)22-10)19(24)28-5)20(25)29-9-12-8-13(21)6-7-14(12)26-3/h6-8,17,22H,9H2,1-5H3. The van der Waals surface area contributed by atoms with Crippen LogP contribution in [0.15, 0.2) is 45.2 Å². The van der Waals surface area contributed by atoms with Gasteiger partial charge in [0.25, 0.3) is 0 Å². The molecular weight excluding hydrogens is 446 g/mol. The minimum atomic E-state index is -1.28. The molecule has 156 valence electrons. The number of hydrogen-bond acceptors (Lipinski definition) is 8. The second kappa shape index (κ2) is 9.60. The summed E-state index contributed by atoms with van der Waals surface area (Å²) in [5.74, 6) is -3.02. The van der Waals surface area contributed by atoms with Gasteiger partial charge in [0.15, 0.2) is 0 Å². The van der Waals surface area contributed by atoms with Crippen molar-refractivity contribution in [1.82, 2.24) is 5.32 Å². The van der Waals surface area contributed by atoms with E-state index in [0.29, 0.717) is 22.7 Å². The van der Waals surface area contributed by atoms with E-state index in [0.717, 1.165) is 4.47 Å². The Kier molecular flexibility index (Phi) is 7.44. The Morgan fingerprint density at radius 2 is 1.55 bits per heavy atom. The van der Waals surface area contributed by atoms with Crippen molar-refractivity contribution in [3.63, 3.8) is 0 Å². The van der Waals surface area contributed by atoms with Gasteiger partial charge in [-0.05, 0) is 32.0 Å². The van der Waals surface area contributed by atoms with E-state index in [9.17, 15) is 14.4 Å². The van der Waals surface area contributed by atoms with Crippen LogP contribution in [0.2, 0.25) is 0 Å². The summed E-state index contributed by atoms with van der Waals surface area (Å²) in [5.41, 5.74) is 1.38. The maximum absolute atomic E-state index is 13.0. The third kappa shape index (κ3) is 4.79. The van der Waals surface area contributed by atoms with E-state index in [1.807, 2.05) is 0 Å². The van der Waals surface area contributed by atoms with Crippen LogP contribution >= 0.6 is 15.9 Å². The summed E-state index contributed by atoms with van der Waals surface area (Å²) in [6.07, 6.45) is 0. The molecule has 0 amide bonds. The summed E-state index contributed by atoms with van der Waals surface area (Å²) in [5, 5.41) is 2.92. The van der Waals surface area contributed by atoms with Gasteiger partial charge >= 0.3 is 17.9 Å². The number of methoxy groups -OCH3 is 3. The third-order valence-electron chi connectivity index (χ3n) is 4.42. The Balaban J connectivity index is 2.41. The van der Waals surface area contributed by atoms with Crippen molar-refractivity contribution in [2.75, 3.05) is 21.3 Å². The van der Waals surface area contributed by atoms with Crippen LogP contribution in [0.4, 0.5) is 0 Å². The summed E-state index contributed by atoms with van der Waals surface area (Å²) < 4.78 is 21.1. The Bertz CT molecular complexity index is 866. The van der Waals surface area contributed by atoms with Crippen LogP contribution in [0.3, 0.4) is 0 Å². The predicted molar refractivity (Wildman–Crippen MR) is 107 cm³/mol. The first-order chi connectivity index (χ1) is 13.7. The predicted octanol–water partition coefficient (Wildman–Crippen LogP) is 2.61. The van der Waals surface area contributed by atoms with Gasteiger partial charge in [-0.15, -0.1) is 0 Å². The highest BCUT2D eigenvalue weighted by Crippen LogP contribution is 2.33. The third-order valence-corrected chi connectivity index (χ3v) is 4.91. The summed E-state index contributed by atoms with van der Waals surface area (Å²) in [6.45, 7) is 3.11. The second-order valence-corrected chi connectivity index (χ2v) is 7.10. The number of carbonyl (C=O) groups excluding carboxylic acids is 3. The van der Waals surface area contributed by atoms with E-state index in [1.165, 1.54) is 21.3 Å². The molecule has 0 saturated heterocycles. The summed E-state index contributed by atoms with van der Waals surface area (Å²) >= 11 is 3.36. The highest BCUT2D eigenvalue weighted by Gasteiger charge is 2.42. The minimum Gasteiger partial charge on any atom is -0.496 e. The Morgan fingerprint density at radius 3 is 2.03 bits per heavy atom. The molecular formula is C20H22BrNO7. The van der Waals surface area contributed by atoms with Crippen molar-refractivity contribution >= 4 is 33.8 Å². The topological polar surface area (TPSA) is 100 Å².